The number of ether oxygens (including phenoxy) is 2. The Morgan fingerprint density at radius 1 is 1.09 bits per heavy atom. The highest BCUT2D eigenvalue weighted by Gasteiger charge is 2.16. The highest BCUT2D eigenvalue weighted by Crippen LogP contribution is 2.36. The van der Waals surface area contributed by atoms with Gasteiger partial charge < -0.3 is 14.4 Å². The molecular weight excluding hydrogens is 412 g/mol. The van der Waals surface area contributed by atoms with E-state index in [1.165, 1.54) is 4.90 Å². The highest BCUT2D eigenvalue weighted by atomic mass is 16.5. The fourth-order valence-corrected chi connectivity index (χ4v) is 3.62. The Morgan fingerprint density at radius 3 is 2.55 bits per heavy atom. The van der Waals surface area contributed by atoms with Crippen molar-refractivity contribution in [1.82, 2.24) is 4.90 Å². The highest BCUT2D eigenvalue weighted by molar-refractivity contribution is 6.01. The predicted molar refractivity (Wildman–Crippen MR) is 132 cm³/mol. The second kappa shape index (κ2) is 11.0. The van der Waals surface area contributed by atoms with Crippen molar-refractivity contribution < 1.29 is 14.3 Å². The number of fused-ring (bicyclic) bond motifs is 1. The van der Waals surface area contributed by atoms with Gasteiger partial charge in [-0.2, -0.15) is 5.26 Å². The van der Waals surface area contributed by atoms with Gasteiger partial charge in [-0.3, -0.25) is 4.79 Å². The predicted octanol–water partition coefficient (Wildman–Crippen LogP) is 5.54. The van der Waals surface area contributed by atoms with Gasteiger partial charge in [0.2, 0.25) is 0 Å². The van der Waals surface area contributed by atoms with Gasteiger partial charge in [0.15, 0.2) is 11.5 Å². The van der Waals surface area contributed by atoms with Crippen molar-refractivity contribution in [2.24, 2.45) is 0 Å². The number of nitriles is 1. The Labute approximate surface area is 195 Å². The van der Waals surface area contributed by atoms with Gasteiger partial charge in [0, 0.05) is 19.7 Å². The van der Waals surface area contributed by atoms with Gasteiger partial charge in [0.25, 0.3) is 5.91 Å². The molecule has 0 fully saturated rings. The number of hydrogen-bond acceptors (Lipinski definition) is 4. The number of benzene rings is 3. The third kappa shape index (κ3) is 5.61. The van der Waals surface area contributed by atoms with Gasteiger partial charge in [-0.1, -0.05) is 48.5 Å². The average Bonchev–Trinajstić information content (AvgIpc) is 2.82. The molecule has 0 heterocycles. The van der Waals surface area contributed by atoms with Crippen molar-refractivity contribution in [3.8, 4) is 17.6 Å². The summed E-state index contributed by atoms with van der Waals surface area (Å²) in [4.78, 5) is 13.7. The Hall–Kier alpha value is -4.04. The summed E-state index contributed by atoms with van der Waals surface area (Å²) in [6, 6.07) is 20.1. The van der Waals surface area contributed by atoms with Crippen LogP contribution in [0.3, 0.4) is 0 Å². The molecule has 0 aliphatic heterocycles. The minimum Gasteiger partial charge on any atom is -0.490 e. The molecule has 0 saturated heterocycles. The molecule has 5 nitrogen and oxygen atoms in total. The van der Waals surface area contributed by atoms with Crippen LogP contribution in [0.25, 0.3) is 16.8 Å². The molecule has 0 bridgehead atoms. The molecule has 0 N–H and O–H groups in total. The zero-order valence-electron chi connectivity index (χ0n) is 19.3. The number of rotatable bonds is 9. The van der Waals surface area contributed by atoms with E-state index in [0.29, 0.717) is 36.7 Å². The molecule has 5 heteroatoms. The van der Waals surface area contributed by atoms with Gasteiger partial charge >= 0.3 is 0 Å². The summed E-state index contributed by atoms with van der Waals surface area (Å²) in [5.41, 5.74) is 2.69. The third-order valence-corrected chi connectivity index (χ3v) is 5.14. The summed E-state index contributed by atoms with van der Waals surface area (Å²) in [7, 11) is 3.24. The van der Waals surface area contributed by atoms with E-state index in [2.05, 4.69) is 30.8 Å². The van der Waals surface area contributed by atoms with Crippen LogP contribution in [0.2, 0.25) is 0 Å². The number of hydrogen-bond donors (Lipinski definition) is 0. The molecule has 0 radical (unpaired) electrons. The van der Waals surface area contributed by atoms with Gasteiger partial charge in [0.1, 0.15) is 18.2 Å². The van der Waals surface area contributed by atoms with E-state index in [1.807, 2.05) is 37.3 Å². The van der Waals surface area contributed by atoms with Crippen molar-refractivity contribution in [3.05, 3.63) is 89.5 Å². The molecule has 0 aliphatic rings. The van der Waals surface area contributed by atoms with E-state index in [4.69, 9.17) is 9.47 Å². The van der Waals surface area contributed by atoms with Crippen LogP contribution in [-0.4, -0.2) is 31.5 Å². The smallest absolute Gasteiger partial charge is 0.264 e. The van der Waals surface area contributed by atoms with Crippen molar-refractivity contribution in [2.45, 2.75) is 20.0 Å². The topological polar surface area (TPSA) is 62.6 Å². The second-order valence-electron chi connectivity index (χ2n) is 7.73. The van der Waals surface area contributed by atoms with Gasteiger partial charge in [-0.25, -0.2) is 0 Å². The summed E-state index contributed by atoms with van der Waals surface area (Å²) in [6.45, 7) is 6.60. The SMILES string of the molecule is C=CCc1cc(/C=C(/C#N)C(=O)N(C)C)cc(OCC)c1OCc1cccc2ccccc12. The molecule has 3 aromatic carbocycles. The Morgan fingerprint density at radius 2 is 1.85 bits per heavy atom. The summed E-state index contributed by atoms with van der Waals surface area (Å²) >= 11 is 0. The molecule has 1 amide bonds. The summed E-state index contributed by atoms with van der Waals surface area (Å²) in [6.07, 6.45) is 3.92. The lowest BCUT2D eigenvalue weighted by atomic mass is 10.0. The molecule has 3 aromatic rings. The number of allylic oxidation sites excluding steroid dienone is 1. The first-order chi connectivity index (χ1) is 16.0. The fourth-order valence-electron chi connectivity index (χ4n) is 3.62. The van der Waals surface area contributed by atoms with Crippen LogP contribution in [0.1, 0.15) is 23.6 Å². The lowest BCUT2D eigenvalue weighted by molar-refractivity contribution is -0.124. The Balaban J connectivity index is 2.02. The number of carbonyl (C=O) groups is 1. The van der Waals surface area contributed by atoms with E-state index in [9.17, 15) is 10.1 Å². The van der Waals surface area contributed by atoms with E-state index in [0.717, 1.165) is 21.9 Å². The van der Waals surface area contributed by atoms with Crippen LogP contribution >= 0.6 is 0 Å². The largest absolute Gasteiger partial charge is 0.490 e. The average molecular weight is 441 g/mol. The van der Waals surface area contributed by atoms with Crippen LogP contribution < -0.4 is 9.47 Å². The van der Waals surface area contributed by atoms with Crippen LogP contribution in [0.5, 0.6) is 11.5 Å². The van der Waals surface area contributed by atoms with E-state index < -0.39 is 0 Å². The normalized spacial score (nSPS) is 11.0. The van der Waals surface area contributed by atoms with Crippen LogP contribution in [0.15, 0.2) is 72.8 Å². The first-order valence-electron chi connectivity index (χ1n) is 10.8. The zero-order chi connectivity index (χ0) is 23.8. The van der Waals surface area contributed by atoms with Gasteiger partial charge in [-0.15, -0.1) is 6.58 Å². The molecular formula is C28H28N2O3. The molecule has 33 heavy (non-hydrogen) atoms. The van der Waals surface area contributed by atoms with E-state index >= 15 is 0 Å². The maximum absolute atomic E-state index is 12.3. The zero-order valence-corrected chi connectivity index (χ0v) is 19.3. The standard InChI is InChI=1S/C28H28N2O3/c1-5-10-22-15-20(16-24(18-29)28(31)30(3)4)17-26(32-6-2)27(22)33-19-23-13-9-12-21-11-7-8-14-25(21)23/h5,7-9,11-17H,1,6,10,19H2,2-4H3/b24-16-. The lowest BCUT2D eigenvalue weighted by Crippen LogP contribution is -2.22. The van der Waals surface area contributed by atoms with Crippen molar-refractivity contribution in [3.63, 3.8) is 0 Å². The van der Waals surface area contributed by atoms with Crippen molar-refractivity contribution in [1.29, 1.82) is 5.26 Å². The summed E-state index contributed by atoms with van der Waals surface area (Å²) in [5, 5.41) is 11.8. The minimum atomic E-state index is -0.350. The lowest BCUT2D eigenvalue weighted by Gasteiger charge is -2.18. The fraction of sp³-hybridized carbons (Fsp3) is 0.214. The third-order valence-electron chi connectivity index (χ3n) is 5.14. The molecule has 168 valence electrons. The van der Waals surface area contributed by atoms with Crippen molar-refractivity contribution in [2.75, 3.05) is 20.7 Å². The summed E-state index contributed by atoms with van der Waals surface area (Å²) in [5.74, 6) is 0.856. The quantitative estimate of drug-likeness (QED) is 0.249. The number of likely N-dealkylation sites (N-methyl/N-ethyl adjacent to an activating group) is 1. The van der Waals surface area contributed by atoms with Crippen molar-refractivity contribution >= 4 is 22.8 Å². The van der Waals surface area contributed by atoms with Gasteiger partial charge in [0.05, 0.1) is 6.61 Å². The van der Waals surface area contributed by atoms with Crippen LogP contribution in [0.4, 0.5) is 0 Å². The second-order valence-corrected chi connectivity index (χ2v) is 7.73. The van der Waals surface area contributed by atoms with E-state index in [1.54, 1.807) is 32.3 Å². The number of nitrogens with zero attached hydrogens (tertiary/aromatic N) is 2. The van der Waals surface area contributed by atoms with Crippen LogP contribution in [-0.2, 0) is 17.8 Å². The van der Waals surface area contributed by atoms with Gasteiger partial charge in [-0.05, 0) is 53.5 Å². The summed E-state index contributed by atoms with van der Waals surface area (Å²) < 4.78 is 12.2. The maximum Gasteiger partial charge on any atom is 0.264 e. The first-order valence-corrected chi connectivity index (χ1v) is 10.8. The maximum atomic E-state index is 12.3. The van der Waals surface area contributed by atoms with E-state index in [-0.39, 0.29) is 11.5 Å². The van der Waals surface area contributed by atoms with Crippen LogP contribution in [0, 0.1) is 11.3 Å². The molecule has 0 aliphatic carbocycles. The molecule has 3 rings (SSSR count). The number of carbonyl (C=O) groups excluding carboxylic acids is 1. The Bertz CT molecular complexity index is 1230. The molecule has 0 atom stereocenters. The monoisotopic (exact) mass is 440 g/mol. The first kappa shape index (κ1) is 23.6. The Kier molecular flexibility index (Phi) is 7.88. The number of amides is 1. The molecule has 0 aromatic heterocycles. The molecule has 0 spiro atoms. The molecule has 0 saturated carbocycles. The molecule has 0 unspecified atom stereocenters. The minimum absolute atomic E-state index is 0.0522.